The minimum absolute atomic E-state index is 0.268. The van der Waals surface area contributed by atoms with Crippen LogP contribution in [0.1, 0.15) is 5.56 Å². The fourth-order valence-corrected chi connectivity index (χ4v) is 2.79. The van der Waals surface area contributed by atoms with E-state index < -0.39 is 0 Å². The van der Waals surface area contributed by atoms with Crippen LogP contribution in [0.3, 0.4) is 0 Å². The summed E-state index contributed by atoms with van der Waals surface area (Å²) < 4.78 is 13.9. The van der Waals surface area contributed by atoms with E-state index in [1.165, 1.54) is 23.5 Å². The monoisotopic (exact) mass is 293 g/mol. The summed E-state index contributed by atoms with van der Waals surface area (Å²) >= 11 is 7.59. The van der Waals surface area contributed by atoms with Crippen molar-refractivity contribution in [1.82, 2.24) is 9.97 Å². The van der Waals surface area contributed by atoms with Crippen molar-refractivity contribution in [3.63, 3.8) is 0 Å². The van der Waals surface area contributed by atoms with Crippen LogP contribution >= 0.6 is 22.9 Å². The third-order valence-corrected chi connectivity index (χ3v) is 3.99. The van der Waals surface area contributed by atoms with E-state index in [1.54, 1.807) is 6.07 Å². The summed E-state index contributed by atoms with van der Waals surface area (Å²) in [6.07, 6.45) is 0. The van der Waals surface area contributed by atoms with Gasteiger partial charge in [-0.1, -0.05) is 11.6 Å². The first-order valence-corrected chi connectivity index (χ1v) is 6.83. The highest BCUT2D eigenvalue weighted by molar-refractivity contribution is 7.17. The van der Waals surface area contributed by atoms with E-state index in [0.29, 0.717) is 11.1 Å². The molecule has 0 aliphatic rings. The Kier molecular flexibility index (Phi) is 3.08. The molecule has 0 amide bonds. The SMILES string of the molecule is Cc1cc(F)ccc1Nc1nc(Cl)c2sccc2n1. The molecule has 0 unspecified atom stereocenters. The quantitative estimate of drug-likeness (QED) is 0.705. The lowest BCUT2D eigenvalue weighted by Crippen LogP contribution is -1.99. The third-order valence-electron chi connectivity index (χ3n) is 2.70. The molecule has 1 aromatic carbocycles. The molecule has 0 radical (unpaired) electrons. The highest BCUT2D eigenvalue weighted by atomic mass is 35.5. The Morgan fingerprint density at radius 2 is 2.11 bits per heavy atom. The van der Waals surface area contributed by atoms with Crippen LogP contribution in [-0.2, 0) is 0 Å². The second-order valence-corrected chi connectivity index (χ2v) is 5.33. The zero-order valence-corrected chi connectivity index (χ0v) is 11.5. The number of thiophene rings is 1. The number of nitrogens with zero attached hydrogens (tertiary/aromatic N) is 2. The van der Waals surface area contributed by atoms with Crippen LogP contribution in [0.25, 0.3) is 10.2 Å². The lowest BCUT2D eigenvalue weighted by Gasteiger charge is -2.08. The third kappa shape index (κ3) is 2.39. The molecule has 0 saturated carbocycles. The largest absolute Gasteiger partial charge is 0.324 e. The fourth-order valence-electron chi connectivity index (χ4n) is 1.77. The Hall–Kier alpha value is -1.72. The van der Waals surface area contributed by atoms with E-state index in [4.69, 9.17) is 11.6 Å². The molecule has 0 spiro atoms. The smallest absolute Gasteiger partial charge is 0.229 e. The van der Waals surface area contributed by atoms with E-state index in [0.717, 1.165) is 21.5 Å². The maximum atomic E-state index is 13.0. The summed E-state index contributed by atoms with van der Waals surface area (Å²) in [6.45, 7) is 1.82. The summed E-state index contributed by atoms with van der Waals surface area (Å²) in [5.74, 6) is 0.140. The summed E-state index contributed by atoms with van der Waals surface area (Å²) in [4.78, 5) is 8.56. The number of fused-ring (bicyclic) bond motifs is 1. The highest BCUT2D eigenvalue weighted by Gasteiger charge is 2.08. The Labute approximate surface area is 118 Å². The van der Waals surface area contributed by atoms with Crippen molar-refractivity contribution in [2.24, 2.45) is 0 Å². The standard InChI is InChI=1S/C13H9ClFN3S/c1-7-6-8(15)2-3-9(7)16-13-17-10-4-5-19-11(10)12(14)18-13/h2-6H,1H3,(H,16,17,18). The van der Waals surface area contributed by atoms with E-state index >= 15 is 0 Å². The van der Waals surface area contributed by atoms with Crippen molar-refractivity contribution in [3.05, 3.63) is 46.2 Å². The van der Waals surface area contributed by atoms with Crippen LogP contribution in [-0.4, -0.2) is 9.97 Å². The minimum atomic E-state index is -0.268. The molecule has 3 nitrogen and oxygen atoms in total. The zero-order valence-electron chi connectivity index (χ0n) is 9.95. The van der Waals surface area contributed by atoms with Crippen LogP contribution in [0.15, 0.2) is 29.6 Å². The van der Waals surface area contributed by atoms with Gasteiger partial charge in [-0.05, 0) is 42.1 Å². The van der Waals surface area contributed by atoms with Crippen LogP contribution < -0.4 is 5.32 Å². The first-order valence-electron chi connectivity index (χ1n) is 5.57. The summed E-state index contributed by atoms with van der Waals surface area (Å²) in [5.41, 5.74) is 2.34. The Bertz CT molecular complexity index is 757. The number of aryl methyl sites for hydroxylation is 1. The van der Waals surface area contributed by atoms with Crippen molar-refractivity contribution in [2.75, 3.05) is 5.32 Å². The molecule has 2 heterocycles. The van der Waals surface area contributed by atoms with Crippen molar-refractivity contribution < 1.29 is 4.39 Å². The molecule has 3 aromatic rings. The normalized spacial score (nSPS) is 10.9. The average Bonchev–Trinajstić information content (AvgIpc) is 2.81. The van der Waals surface area contributed by atoms with Gasteiger partial charge in [0.25, 0.3) is 0 Å². The molecule has 0 bridgehead atoms. The molecular weight excluding hydrogens is 285 g/mol. The number of hydrogen-bond acceptors (Lipinski definition) is 4. The van der Waals surface area contributed by atoms with Gasteiger partial charge in [0.1, 0.15) is 5.82 Å². The van der Waals surface area contributed by atoms with Gasteiger partial charge in [0.2, 0.25) is 5.95 Å². The molecule has 6 heteroatoms. The van der Waals surface area contributed by atoms with Gasteiger partial charge in [-0.3, -0.25) is 0 Å². The van der Waals surface area contributed by atoms with E-state index in [-0.39, 0.29) is 5.82 Å². The van der Waals surface area contributed by atoms with Crippen molar-refractivity contribution >= 4 is 44.8 Å². The maximum absolute atomic E-state index is 13.0. The highest BCUT2D eigenvalue weighted by Crippen LogP contribution is 2.28. The number of benzene rings is 1. The van der Waals surface area contributed by atoms with Crippen LogP contribution in [0.2, 0.25) is 5.15 Å². The molecule has 0 aliphatic heterocycles. The number of rotatable bonds is 2. The van der Waals surface area contributed by atoms with Gasteiger partial charge in [-0.15, -0.1) is 11.3 Å². The minimum Gasteiger partial charge on any atom is -0.324 e. The Morgan fingerprint density at radius 3 is 2.89 bits per heavy atom. The second-order valence-electron chi connectivity index (χ2n) is 4.06. The number of hydrogen-bond donors (Lipinski definition) is 1. The molecule has 1 N–H and O–H groups in total. The van der Waals surface area contributed by atoms with Gasteiger partial charge < -0.3 is 5.32 Å². The molecule has 2 aromatic heterocycles. The van der Waals surface area contributed by atoms with E-state index in [2.05, 4.69) is 15.3 Å². The number of aromatic nitrogens is 2. The molecule has 19 heavy (non-hydrogen) atoms. The van der Waals surface area contributed by atoms with Crippen LogP contribution in [0, 0.1) is 12.7 Å². The van der Waals surface area contributed by atoms with Crippen molar-refractivity contribution in [3.8, 4) is 0 Å². The van der Waals surface area contributed by atoms with Gasteiger partial charge >= 0.3 is 0 Å². The second kappa shape index (κ2) is 4.75. The molecule has 0 fully saturated rings. The summed E-state index contributed by atoms with van der Waals surface area (Å²) in [7, 11) is 0. The number of anilines is 2. The molecule has 96 valence electrons. The molecular formula is C13H9ClFN3S. The van der Waals surface area contributed by atoms with Crippen molar-refractivity contribution in [1.29, 1.82) is 0 Å². The molecule has 3 rings (SSSR count). The zero-order chi connectivity index (χ0) is 13.4. The number of halogens is 2. The van der Waals surface area contributed by atoms with E-state index in [1.807, 2.05) is 18.4 Å². The van der Waals surface area contributed by atoms with Gasteiger partial charge in [0, 0.05) is 5.69 Å². The molecule has 0 saturated heterocycles. The Morgan fingerprint density at radius 1 is 1.26 bits per heavy atom. The topological polar surface area (TPSA) is 37.8 Å². The first kappa shape index (κ1) is 12.3. The van der Waals surface area contributed by atoms with Gasteiger partial charge in [-0.25, -0.2) is 9.37 Å². The van der Waals surface area contributed by atoms with Gasteiger partial charge in [-0.2, -0.15) is 4.98 Å². The first-order chi connectivity index (χ1) is 9.13. The van der Waals surface area contributed by atoms with Crippen molar-refractivity contribution in [2.45, 2.75) is 6.92 Å². The predicted molar refractivity (Wildman–Crippen MR) is 76.8 cm³/mol. The van der Waals surface area contributed by atoms with Crippen LogP contribution in [0.5, 0.6) is 0 Å². The molecule has 0 atom stereocenters. The maximum Gasteiger partial charge on any atom is 0.229 e. The Balaban J connectivity index is 2.00. The predicted octanol–water partition coefficient (Wildman–Crippen LogP) is 4.54. The van der Waals surface area contributed by atoms with Gasteiger partial charge in [0.15, 0.2) is 5.15 Å². The number of nitrogens with one attached hydrogen (secondary N) is 1. The summed E-state index contributed by atoms with van der Waals surface area (Å²) in [6, 6.07) is 6.38. The lowest BCUT2D eigenvalue weighted by molar-refractivity contribution is 0.627. The average molecular weight is 294 g/mol. The van der Waals surface area contributed by atoms with Crippen LogP contribution in [0.4, 0.5) is 16.0 Å². The molecule has 0 aliphatic carbocycles. The summed E-state index contributed by atoms with van der Waals surface area (Å²) in [5, 5.41) is 5.39. The lowest BCUT2D eigenvalue weighted by atomic mass is 10.2. The fraction of sp³-hybridized carbons (Fsp3) is 0.0769. The van der Waals surface area contributed by atoms with Gasteiger partial charge in [0.05, 0.1) is 10.2 Å². The van der Waals surface area contributed by atoms with E-state index in [9.17, 15) is 4.39 Å².